The topological polar surface area (TPSA) is 78.5 Å². The highest BCUT2D eigenvalue weighted by Gasteiger charge is 2.16. The highest BCUT2D eigenvalue weighted by atomic mass is 32.1. The number of nitrogens with zero attached hydrogens (tertiary/aromatic N) is 4. The van der Waals surface area contributed by atoms with E-state index in [-0.39, 0.29) is 24.6 Å². The molecule has 0 N–H and O–H groups in total. The lowest BCUT2D eigenvalue weighted by Crippen LogP contribution is -2.19. The normalized spacial score (nSPS) is 11.4. The first-order valence-electron chi connectivity index (χ1n) is 7.13. The molecule has 4 heterocycles. The summed E-state index contributed by atoms with van der Waals surface area (Å²) in [6.07, 6.45) is 0.237. The van der Waals surface area contributed by atoms with Gasteiger partial charge in [0.2, 0.25) is 5.78 Å². The molecular weight excluding hydrogens is 348 g/mol. The largest absolute Gasteiger partial charge is 0.457 e. The zero-order chi connectivity index (χ0) is 16.7. The zero-order valence-corrected chi connectivity index (χ0v) is 14.3. The predicted octanol–water partition coefficient (Wildman–Crippen LogP) is 1.99. The Kier molecular flexibility index (Phi) is 3.66. The number of hydrogen-bond acceptors (Lipinski definition) is 7. The smallest absolute Gasteiger partial charge is 0.311 e. The van der Waals surface area contributed by atoms with Gasteiger partial charge in [-0.3, -0.25) is 18.6 Å². The van der Waals surface area contributed by atoms with Gasteiger partial charge in [-0.2, -0.15) is 0 Å². The molecule has 0 amide bonds. The Morgan fingerprint density at radius 3 is 2.92 bits per heavy atom. The molecular formula is C15H12N4O3S2. The van der Waals surface area contributed by atoms with Gasteiger partial charge in [0.15, 0.2) is 12.4 Å². The average molecular weight is 360 g/mol. The highest BCUT2D eigenvalue weighted by Crippen LogP contribution is 2.19. The van der Waals surface area contributed by atoms with Crippen LogP contribution in [0, 0.1) is 0 Å². The van der Waals surface area contributed by atoms with E-state index in [0.29, 0.717) is 16.3 Å². The van der Waals surface area contributed by atoms with E-state index in [1.54, 1.807) is 11.4 Å². The first-order chi connectivity index (χ1) is 11.6. The molecule has 24 heavy (non-hydrogen) atoms. The zero-order valence-electron chi connectivity index (χ0n) is 12.6. The molecule has 9 heteroatoms. The summed E-state index contributed by atoms with van der Waals surface area (Å²) in [5.74, 6) is 0.597. The number of aryl methyl sites for hydroxylation is 1. The van der Waals surface area contributed by atoms with Crippen LogP contribution in [0.3, 0.4) is 0 Å². The molecule has 0 aliphatic rings. The number of rotatable bonds is 4. The van der Waals surface area contributed by atoms with Gasteiger partial charge in [0.1, 0.15) is 4.70 Å². The second-order valence-corrected chi connectivity index (χ2v) is 7.12. The number of thiophene rings is 2. The number of fused-ring (bicyclic) bond motifs is 3. The Balaban J connectivity index is 1.65. The highest BCUT2D eigenvalue weighted by molar-refractivity contribution is 7.17. The van der Waals surface area contributed by atoms with E-state index in [4.69, 9.17) is 4.74 Å². The van der Waals surface area contributed by atoms with Crippen LogP contribution in [0.15, 0.2) is 33.8 Å². The van der Waals surface area contributed by atoms with E-state index in [1.807, 2.05) is 29.0 Å². The van der Waals surface area contributed by atoms with E-state index in [1.165, 1.54) is 27.2 Å². The fourth-order valence-corrected chi connectivity index (χ4v) is 4.04. The van der Waals surface area contributed by atoms with Crippen LogP contribution in [0.1, 0.15) is 10.7 Å². The molecule has 122 valence electrons. The van der Waals surface area contributed by atoms with Gasteiger partial charge in [0.05, 0.1) is 11.9 Å². The Hall–Kier alpha value is -2.52. The summed E-state index contributed by atoms with van der Waals surface area (Å²) in [6.45, 7) is 0.00846. The molecule has 0 radical (unpaired) electrons. The lowest BCUT2D eigenvalue weighted by atomic mass is 10.3. The van der Waals surface area contributed by atoms with Crippen molar-refractivity contribution in [3.05, 3.63) is 50.0 Å². The molecule has 0 unspecified atom stereocenters. The number of aromatic nitrogens is 4. The summed E-state index contributed by atoms with van der Waals surface area (Å²) < 4.78 is 9.15. The minimum atomic E-state index is -0.319. The Morgan fingerprint density at radius 2 is 2.12 bits per heavy atom. The van der Waals surface area contributed by atoms with Gasteiger partial charge in [0, 0.05) is 11.9 Å². The van der Waals surface area contributed by atoms with Crippen molar-refractivity contribution in [2.75, 3.05) is 0 Å². The molecule has 0 atom stereocenters. The van der Waals surface area contributed by atoms with Gasteiger partial charge in [-0.1, -0.05) is 6.07 Å². The molecule has 7 nitrogen and oxygen atoms in total. The monoisotopic (exact) mass is 360 g/mol. The summed E-state index contributed by atoms with van der Waals surface area (Å²) in [5.41, 5.74) is 0.619. The summed E-state index contributed by atoms with van der Waals surface area (Å²) in [6, 6.07) is 5.63. The molecule has 0 saturated heterocycles. The van der Waals surface area contributed by atoms with Gasteiger partial charge in [-0.05, 0) is 22.9 Å². The van der Waals surface area contributed by atoms with Gasteiger partial charge >= 0.3 is 5.97 Å². The van der Waals surface area contributed by atoms with Crippen molar-refractivity contribution < 1.29 is 9.53 Å². The Morgan fingerprint density at radius 1 is 1.25 bits per heavy atom. The first-order valence-corrected chi connectivity index (χ1v) is 8.89. The number of carbonyl (C=O) groups is 1. The number of hydrogen-bond donors (Lipinski definition) is 0. The van der Waals surface area contributed by atoms with Gasteiger partial charge in [0.25, 0.3) is 5.56 Å². The quantitative estimate of drug-likeness (QED) is 0.520. The third-order valence-electron chi connectivity index (χ3n) is 3.66. The van der Waals surface area contributed by atoms with Gasteiger partial charge in [-0.25, -0.2) is 0 Å². The van der Waals surface area contributed by atoms with Crippen LogP contribution in [0.2, 0.25) is 0 Å². The van der Waals surface area contributed by atoms with E-state index < -0.39 is 0 Å². The molecule has 0 aliphatic heterocycles. The van der Waals surface area contributed by atoms with Crippen molar-refractivity contribution in [2.45, 2.75) is 13.0 Å². The molecule has 0 saturated carbocycles. The van der Waals surface area contributed by atoms with Crippen LogP contribution in [0.25, 0.3) is 16.0 Å². The predicted molar refractivity (Wildman–Crippen MR) is 91.4 cm³/mol. The molecule has 0 aliphatic carbocycles. The maximum Gasteiger partial charge on any atom is 0.311 e. The first kappa shape index (κ1) is 15.0. The van der Waals surface area contributed by atoms with Crippen molar-refractivity contribution >= 4 is 44.6 Å². The minimum absolute atomic E-state index is 0.00846. The Bertz CT molecular complexity index is 1090. The minimum Gasteiger partial charge on any atom is -0.457 e. The molecule has 4 aromatic heterocycles. The van der Waals surface area contributed by atoms with Crippen LogP contribution in [0.5, 0.6) is 0 Å². The third-order valence-corrected chi connectivity index (χ3v) is 5.43. The molecule has 0 bridgehead atoms. The van der Waals surface area contributed by atoms with Crippen LogP contribution in [-0.4, -0.2) is 25.1 Å². The Labute approximate surface area is 143 Å². The van der Waals surface area contributed by atoms with E-state index in [0.717, 1.165) is 10.4 Å². The third kappa shape index (κ3) is 2.42. The number of esters is 1. The van der Waals surface area contributed by atoms with Crippen LogP contribution >= 0.6 is 22.7 Å². The SMILES string of the molecule is Cn1c(=O)c2sccc2n2c(COC(=O)Cc3cccs3)nnc12. The van der Waals surface area contributed by atoms with E-state index in [9.17, 15) is 9.59 Å². The number of carbonyl (C=O) groups excluding carboxylic acids is 1. The van der Waals surface area contributed by atoms with Gasteiger partial charge in [-0.15, -0.1) is 32.9 Å². The summed E-state index contributed by atoms with van der Waals surface area (Å²) in [4.78, 5) is 25.2. The van der Waals surface area contributed by atoms with E-state index in [2.05, 4.69) is 10.2 Å². The second kappa shape index (κ2) is 5.84. The average Bonchev–Trinajstić information content (AvgIpc) is 3.29. The van der Waals surface area contributed by atoms with Crippen molar-refractivity contribution in [2.24, 2.45) is 7.05 Å². The van der Waals surface area contributed by atoms with Gasteiger partial charge < -0.3 is 4.74 Å². The summed E-state index contributed by atoms with van der Waals surface area (Å²) >= 11 is 2.88. The maximum atomic E-state index is 12.3. The van der Waals surface area contributed by atoms with Crippen LogP contribution in [-0.2, 0) is 29.6 Å². The summed E-state index contributed by atoms with van der Waals surface area (Å²) in [5, 5.41) is 11.9. The molecule has 4 rings (SSSR count). The maximum absolute atomic E-state index is 12.3. The standard InChI is InChI=1S/C15H12N4O3S2/c1-18-14(21)13-10(4-6-24-13)19-11(16-17-15(18)19)8-22-12(20)7-9-3-2-5-23-9/h2-6H,7-8H2,1H3. The lowest BCUT2D eigenvalue weighted by molar-refractivity contribution is -0.144. The number of ether oxygens (including phenoxy) is 1. The van der Waals surface area contributed by atoms with E-state index >= 15 is 0 Å². The second-order valence-electron chi connectivity index (χ2n) is 5.17. The van der Waals surface area contributed by atoms with Crippen molar-refractivity contribution in [3.8, 4) is 0 Å². The van der Waals surface area contributed by atoms with Crippen molar-refractivity contribution in [1.29, 1.82) is 0 Å². The van der Waals surface area contributed by atoms with Crippen molar-refractivity contribution in [1.82, 2.24) is 19.2 Å². The molecule has 0 aromatic carbocycles. The fourth-order valence-electron chi connectivity index (χ4n) is 2.50. The molecule has 4 aromatic rings. The summed E-state index contributed by atoms with van der Waals surface area (Å²) in [7, 11) is 1.65. The lowest BCUT2D eigenvalue weighted by Gasteiger charge is -2.06. The van der Waals surface area contributed by atoms with Crippen molar-refractivity contribution in [3.63, 3.8) is 0 Å². The molecule has 0 fully saturated rings. The fraction of sp³-hybridized carbons (Fsp3) is 0.200. The van der Waals surface area contributed by atoms with Crippen LogP contribution in [0.4, 0.5) is 0 Å². The molecule has 0 spiro atoms. The van der Waals surface area contributed by atoms with Crippen LogP contribution < -0.4 is 5.56 Å².